The highest BCUT2D eigenvalue weighted by molar-refractivity contribution is 5.69. The fraction of sp³-hybridized carbons (Fsp3) is 0.929. The van der Waals surface area contributed by atoms with Crippen LogP contribution in [0.5, 0.6) is 0 Å². The molecule has 0 fully saturated rings. The number of rotatable bonds is 12. The van der Waals surface area contributed by atoms with Gasteiger partial charge >= 0.3 is 5.97 Å². The van der Waals surface area contributed by atoms with Crippen molar-refractivity contribution in [3.8, 4) is 0 Å². The average Bonchev–Trinajstić information content (AvgIpc) is 2.33. The summed E-state index contributed by atoms with van der Waals surface area (Å²) in [4.78, 5) is 11.3. The Kier molecular flexibility index (Phi) is 13.0. The lowest BCUT2D eigenvalue weighted by molar-refractivity contribution is -0.143. The maximum Gasteiger partial charge on any atom is 0.305 e. The van der Waals surface area contributed by atoms with Gasteiger partial charge in [-0.2, -0.15) is 0 Å². The number of ether oxygens (including phenoxy) is 1. The van der Waals surface area contributed by atoms with Crippen molar-refractivity contribution in [2.24, 2.45) is 5.73 Å². The van der Waals surface area contributed by atoms with Crippen molar-refractivity contribution < 1.29 is 9.53 Å². The predicted octanol–water partition coefficient (Wildman–Crippen LogP) is 3.41. The third-order valence-corrected chi connectivity index (χ3v) is 2.85. The van der Waals surface area contributed by atoms with E-state index < -0.39 is 0 Å². The molecule has 0 aromatic heterocycles. The topological polar surface area (TPSA) is 52.3 Å². The lowest BCUT2D eigenvalue weighted by Gasteiger charge is -2.04. The number of unbranched alkanes of at least 4 members (excludes halogenated alkanes) is 7. The van der Waals surface area contributed by atoms with E-state index in [4.69, 9.17) is 10.5 Å². The molecule has 0 heterocycles. The van der Waals surface area contributed by atoms with Crippen molar-refractivity contribution in [2.45, 2.75) is 71.1 Å². The van der Waals surface area contributed by atoms with Gasteiger partial charge in [0.25, 0.3) is 0 Å². The van der Waals surface area contributed by atoms with Crippen LogP contribution in [0.2, 0.25) is 0 Å². The fourth-order valence-corrected chi connectivity index (χ4v) is 1.73. The third kappa shape index (κ3) is 13.4. The Morgan fingerprint density at radius 2 is 1.59 bits per heavy atom. The van der Waals surface area contributed by atoms with Crippen LogP contribution in [0.15, 0.2) is 0 Å². The molecule has 17 heavy (non-hydrogen) atoms. The Balaban J connectivity index is 3.11. The van der Waals surface area contributed by atoms with Gasteiger partial charge in [0.1, 0.15) is 0 Å². The van der Waals surface area contributed by atoms with Crippen LogP contribution in [-0.4, -0.2) is 19.1 Å². The fourth-order valence-electron chi connectivity index (χ4n) is 1.73. The molecule has 0 atom stereocenters. The highest BCUT2D eigenvalue weighted by atomic mass is 16.5. The molecule has 2 N–H and O–H groups in total. The number of esters is 1. The summed E-state index contributed by atoms with van der Waals surface area (Å²) >= 11 is 0. The Bertz CT molecular complexity index is 172. The van der Waals surface area contributed by atoms with Crippen molar-refractivity contribution in [3.63, 3.8) is 0 Å². The van der Waals surface area contributed by atoms with E-state index in [1.54, 1.807) is 0 Å². The van der Waals surface area contributed by atoms with Crippen LogP contribution in [0.3, 0.4) is 0 Å². The van der Waals surface area contributed by atoms with E-state index in [1.807, 2.05) is 0 Å². The molecule has 0 saturated carbocycles. The van der Waals surface area contributed by atoms with E-state index in [0.717, 1.165) is 25.7 Å². The van der Waals surface area contributed by atoms with Crippen molar-refractivity contribution in [3.05, 3.63) is 0 Å². The van der Waals surface area contributed by atoms with Gasteiger partial charge in [0.05, 0.1) is 6.61 Å². The van der Waals surface area contributed by atoms with E-state index >= 15 is 0 Å². The first kappa shape index (κ1) is 16.4. The van der Waals surface area contributed by atoms with Crippen molar-refractivity contribution >= 4 is 5.97 Å². The molecule has 102 valence electrons. The van der Waals surface area contributed by atoms with Crippen molar-refractivity contribution in [2.75, 3.05) is 13.2 Å². The quantitative estimate of drug-likeness (QED) is 0.422. The maximum absolute atomic E-state index is 11.3. The van der Waals surface area contributed by atoms with Gasteiger partial charge < -0.3 is 10.5 Å². The van der Waals surface area contributed by atoms with E-state index in [9.17, 15) is 4.79 Å². The summed E-state index contributed by atoms with van der Waals surface area (Å²) in [6.07, 6.45) is 10.9. The van der Waals surface area contributed by atoms with E-state index in [2.05, 4.69) is 6.92 Å². The summed E-state index contributed by atoms with van der Waals surface area (Å²) in [6.45, 7) is 3.53. The first-order chi connectivity index (χ1) is 8.31. The van der Waals surface area contributed by atoms with E-state index in [0.29, 0.717) is 19.6 Å². The molecular formula is C14H29NO2. The second-order valence-corrected chi connectivity index (χ2v) is 4.59. The second kappa shape index (κ2) is 13.5. The monoisotopic (exact) mass is 243 g/mol. The van der Waals surface area contributed by atoms with Crippen molar-refractivity contribution in [1.29, 1.82) is 0 Å². The van der Waals surface area contributed by atoms with Crippen LogP contribution < -0.4 is 5.73 Å². The Hall–Kier alpha value is -0.570. The summed E-state index contributed by atoms with van der Waals surface area (Å²) in [7, 11) is 0. The van der Waals surface area contributed by atoms with Crippen LogP contribution in [0.1, 0.15) is 71.1 Å². The largest absolute Gasteiger partial charge is 0.466 e. The molecule has 0 amide bonds. The first-order valence-corrected chi connectivity index (χ1v) is 7.17. The molecule has 0 aromatic rings. The van der Waals surface area contributed by atoms with Gasteiger partial charge in [0.2, 0.25) is 0 Å². The lowest BCUT2D eigenvalue weighted by atomic mass is 10.1. The highest BCUT2D eigenvalue weighted by Gasteiger charge is 2.01. The summed E-state index contributed by atoms with van der Waals surface area (Å²) < 4.78 is 5.16. The second-order valence-electron chi connectivity index (χ2n) is 4.59. The standard InChI is InChI=1S/C14H29NO2/c1-2-3-4-5-6-10-13-17-14(16)11-8-7-9-12-15/h2-13,15H2,1H3. The Morgan fingerprint density at radius 1 is 0.941 bits per heavy atom. The molecule has 0 bridgehead atoms. The summed E-state index contributed by atoms with van der Waals surface area (Å²) in [5.41, 5.74) is 5.38. The summed E-state index contributed by atoms with van der Waals surface area (Å²) in [6, 6.07) is 0. The average molecular weight is 243 g/mol. The van der Waals surface area contributed by atoms with Gasteiger partial charge in [-0.15, -0.1) is 0 Å². The maximum atomic E-state index is 11.3. The Morgan fingerprint density at radius 3 is 2.29 bits per heavy atom. The van der Waals surface area contributed by atoms with Gasteiger partial charge in [-0.1, -0.05) is 45.4 Å². The zero-order chi connectivity index (χ0) is 12.8. The number of nitrogens with two attached hydrogens (primary N) is 1. The van der Waals surface area contributed by atoms with Gasteiger partial charge in [-0.3, -0.25) is 4.79 Å². The van der Waals surface area contributed by atoms with Crippen molar-refractivity contribution in [1.82, 2.24) is 0 Å². The van der Waals surface area contributed by atoms with Crippen LogP contribution in [0.25, 0.3) is 0 Å². The third-order valence-electron chi connectivity index (χ3n) is 2.85. The molecule has 0 unspecified atom stereocenters. The van der Waals surface area contributed by atoms with Crippen LogP contribution in [0, 0.1) is 0 Å². The molecule has 3 nitrogen and oxygen atoms in total. The highest BCUT2D eigenvalue weighted by Crippen LogP contribution is 2.06. The van der Waals surface area contributed by atoms with Gasteiger partial charge in [-0.25, -0.2) is 0 Å². The lowest BCUT2D eigenvalue weighted by Crippen LogP contribution is -2.06. The minimum absolute atomic E-state index is 0.0458. The molecule has 0 aromatic carbocycles. The normalized spacial score (nSPS) is 10.5. The summed E-state index contributed by atoms with van der Waals surface area (Å²) in [5, 5.41) is 0. The molecular weight excluding hydrogens is 214 g/mol. The minimum atomic E-state index is -0.0458. The van der Waals surface area contributed by atoms with E-state index in [1.165, 1.54) is 32.1 Å². The smallest absolute Gasteiger partial charge is 0.305 e. The number of hydrogen-bond acceptors (Lipinski definition) is 3. The first-order valence-electron chi connectivity index (χ1n) is 7.17. The molecule has 0 saturated heterocycles. The predicted molar refractivity (Wildman–Crippen MR) is 71.9 cm³/mol. The zero-order valence-corrected chi connectivity index (χ0v) is 11.4. The molecule has 0 rings (SSSR count). The van der Waals surface area contributed by atoms with E-state index in [-0.39, 0.29) is 5.97 Å². The number of carbonyl (C=O) groups is 1. The van der Waals surface area contributed by atoms with Gasteiger partial charge in [0.15, 0.2) is 0 Å². The molecule has 0 spiro atoms. The van der Waals surface area contributed by atoms with Gasteiger partial charge in [-0.05, 0) is 25.8 Å². The summed E-state index contributed by atoms with van der Waals surface area (Å²) in [5.74, 6) is -0.0458. The van der Waals surface area contributed by atoms with Crippen LogP contribution >= 0.6 is 0 Å². The SMILES string of the molecule is CCCCCCCCOC(=O)CCCCCN. The minimum Gasteiger partial charge on any atom is -0.466 e. The molecule has 0 aliphatic rings. The van der Waals surface area contributed by atoms with Crippen LogP contribution in [0.4, 0.5) is 0 Å². The molecule has 0 aliphatic carbocycles. The van der Waals surface area contributed by atoms with Crippen LogP contribution in [-0.2, 0) is 9.53 Å². The Labute approximate surface area is 106 Å². The van der Waals surface area contributed by atoms with Gasteiger partial charge in [0, 0.05) is 6.42 Å². The molecule has 0 aliphatic heterocycles. The number of hydrogen-bond donors (Lipinski definition) is 1. The zero-order valence-electron chi connectivity index (χ0n) is 11.4. The number of carbonyl (C=O) groups excluding carboxylic acids is 1. The molecule has 3 heteroatoms. The molecule has 0 radical (unpaired) electrons.